The van der Waals surface area contributed by atoms with Crippen LogP contribution in [0.25, 0.3) is 0 Å². The van der Waals surface area contributed by atoms with E-state index >= 15 is 0 Å². The van der Waals surface area contributed by atoms with Crippen LogP contribution in [0.1, 0.15) is 39.0 Å². The summed E-state index contributed by atoms with van der Waals surface area (Å²) in [5.41, 5.74) is 0. The highest BCUT2D eigenvalue weighted by Gasteiger charge is 2.31. The maximum atomic E-state index is 11.6. The number of carboxylic acid groups (broad SMARTS) is 1. The highest BCUT2D eigenvalue weighted by Crippen LogP contribution is 2.25. The molecule has 0 aromatic rings. The molecule has 0 aromatic heterocycles. The molecule has 0 saturated heterocycles. The molecule has 1 amide bonds. The van der Waals surface area contributed by atoms with Gasteiger partial charge < -0.3 is 10.0 Å². The summed E-state index contributed by atoms with van der Waals surface area (Å²) in [4.78, 5) is 35.2. The van der Waals surface area contributed by atoms with Gasteiger partial charge in [-0.25, -0.2) is 4.79 Å². The minimum Gasteiger partial charge on any atom is -0.480 e. The number of carbonyl (C=O) groups excluding carboxylic acids is 2. The second-order valence-corrected chi connectivity index (χ2v) is 4.63. The van der Waals surface area contributed by atoms with Crippen molar-refractivity contribution < 1.29 is 19.5 Å². The molecule has 17 heavy (non-hydrogen) atoms. The molecule has 0 radical (unpaired) electrons. The summed E-state index contributed by atoms with van der Waals surface area (Å²) in [6.45, 7) is 1.33. The van der Waals surface area contributed by atoms with Gasteiger partial charge >= 0.3 is 5.97 Å². The molecule has 5 nitrogen and oxygen atoms in total. The van der Waals surface area contributed by atoms with E-state index in [9.17, 15) is 14.4 Å². The van der Waals surface area contributed by atoms with E-state index in [2.05, 4.69) is 0 Å². The van der Waals surface area contributed by atoms with Crippen molar-refractivity contribution in [3.8, 4) is 0 Å². The highest BCUT2D eigenvalue weighted by molar-refractivity contribution is 5.85. The standard InChI is InChI=1S/C12H19NO4/c1-8(14)13(2)10(12(16)17)7-9-5-3-4-6-11(9)15/h9-10H,3-7H2,1-2H3,(H,16,17)/t9?,10-/m0/s1. The third-order valence-electron chi connectivity index (χ3n) is 3.44. The lowest BCUT2D eigenvalue weighted by Crippen LogP contribution is -2.43. The Morgan fingerprint density at radius 1 is 1.47 bits per heavy atom. The molecule has 1 unspecified atom stereocenters. The van der Waals surface area contributed by atoms with Crippen molar-refractivity contribution in [3.05, 3.63) is 0 Å². The fourth-order valence-corrected chi connectivity index (χ4v) is 2.22. The zero-order valence-corrected chi connectivity index (χ0v) is 10.3. The molecule has 1 fully saturated rings. The predicted octanol–water partition coefficient (Wildman–Crippen LogP) is 1.07. The molecule has 0 heterocycles. The molecule has 1 aliphatic rings. The Bertz CT molecular complexity index is 326. The number of aliphatic carboxylic acids is 1. The second-order valence-electron chi connectivity index (χ2n) is 4.63. The first kappa shape index (κ1) is 13.7. The predicted molar refractivity (Wildman–Crippen MR) is 61.4 cm³/mol. The van der Waals surface area contributed by atoms with Gasteiger partial charge in [0.05, 0.1) is 0 Å². The van der Waals surface area contributed by atoms with E-state index in [4.69, 9.17) is 5.11 Å². The van der Waals surface area contributed by atoms with Gasteiger partial charge in [0.2, 0.25) is 5.91 Å². The van der Waals surface area contributed by atoms with E-state index in [-0.39, 0.29) is 24.0 Å². The summed E-state index contributed by atoms with van der Waals surface area (Å²) in [6.07, 6.45) is 3.39. The van der Waals surface area contributed by atoms with Crippen LogP contribution in [0.5, 0.6) is 0 Å². The van der Waals surface area contributed by atoms with Crippen LogP contribution >= 0.6 is 0 Å². The van der Waals surface area contributed by atoms with Gasteiger partial charge in [0.1, 0.15) is 11.8 Å². The highest BCUT2D eigenvalue weighted by atomic mass is 16.4. The third kappa shape index (κ3) is 3.54. The van der Waals surface area contributed by atoms with Crippen molar-refractivity contribution in [2.75, 3.05) is 7.05 Å². The van der Waals surface area contributed by atoms with E-state index < -0.39 is 12.0 Å². The average Bonchev–Trinajstić information content (AvgIpc) is 2.26. The quantitative estimate of drug-likeness (QED) is 0.798. The van der Waals surface area contributed by atoms with E-state index in [1.54, 1.807) is 0 Å². The topological polar surface area (TPSA) is 74.7 Å². The van der Waals surface area contributed by atoms with Crippen molar-refractivity contribution in [3.63, 3.8) is 0 Å². The van der Waals surface area contributed by atoms with Gasteiger partial charge in [0.25, 0.3) is 0 Å². The Morgan fingerprint density at radius 3 is 2.59 bits per heavy atom. The van der Waals surface area contributed by atoms with Crippen molar-refractivity contribution in [1.82, 2.24) is 4.90 Å². The third-order valence-corrected chi connectivity index (χ3v) is 3.44. The first-order chi connectivity index (χ1) is 7.93. The maximum Gasteiger partial charge on any atom is 0.326 e. The number of hydrogen-bond donors (Lipinski definition) is 1. The summed E-state index contributed by atoms with van der Waals surface area (Å²) in [5, 5.41) is 9.10. The minimum atomic E-state index is -1.04. The van der Waals surface area contributed by atoms with Gasteiger partial charge in [0.15, 0.2) is 0 Å². The van der Waals surface area contributed by atoms with Crippen LogP contribution in [0.3, 0.4) is 0 Å². The molecule has 0 bridgehead atoms. The summed E-state index contributed by atoms with van der Waals surface area (Å²) in [5.74, 6) is -1.40. The van der Waals surface area contributed by atoms with Crippen LogP contribution in [-0.4, -0.2) is 40.8 Å². The number of nitrogens with zero attached hydrogens (tertiary/aromatic N) is 1. The van der Waals surface area contributed by atoms with Crippen molar-refractivity contribution >= 4 is 17.7 Å². The van der Waals surface area contributed by atoms with E-state index in [0.29, 0.717) is 6.42 Å². The van der Waals surface area contributed by atoms with Crippen LogP contribution < -0.4 is 0 Å². The molecule has 5 heteroatoms. The number of carboxylic acids is 1. The number of likely N-dealkylation sites (N-methyl/N-ethyl adjacent to an activating group) is 1. The van der Waals surface area contributed by atoms with E-state index in [1.807, 2.05) is 0 Å². The van der Waals surface area contributed by atoms with Gasteiger partial charge in [-0.2, -0.15) is 0 Å². The lowest BCUT2D eigenvalue weighted by atomic mass is 9.83. The first-order valence-electron chi connectivity index (χ1n) is 5.92. The number of rotatable bonds is 4. The van der Waals surface area contributed by atoms with Crippen molar-refractivity contribution in [2.24, 2.45) is 5.92 Å². The Labute approximate surface area is 101 Å². The SMILES string of the molecule is CC(=O)N(C)[C@@H](CC1CCCCC1=O)C(=O)O. The van der Waals surface area contributed by atoms with Crippen LogP contribution in [-0.2, 0) is 14.4 Å². The first-order valence-corrected chi connectivity index (χ1v) is 5.92. The monoisotopic (exact) mass is 241 g/mol. The van der Waals surface area contributed by atoms with Gasteiger partial charge in [0, 0.05) is 26.3 Å². The second kappa shape index (κ2) is 5.80. The summed E-state index contributed by atoms with van der Waals surface area (Å²) >= 11 is 0. The number of amides is 1. The van der Waals surface area contributed by atoms with Gasteiger partial charge in [-0.05, 0) is 19.3 Å². The Kier molecular flexibility index (Phi) is 4.66. The fourth-order valence-electron chi connectivity index (χ4n) is 2.22. The molecular weight excluding hydrogens is 222 g/mol. The Balaban J connectivity index is 2.69. The Hall–Kier alpha value is -1.39. The van der Waals surface area contributed by atoms with Crippen LogP contribution in [0.2, 0.25) is 0 Å². The summed E-state index contributed by atoms with van der Waals surface area (Å²) in [7, 11) is 1.47. The summed E-state index contributed by atoms with van der Waals surface area (Å²) < 4.78 is 0. The molecule has 1 aliphatic carbocycles. The van der Waals surface area contributed by atoms with Crippen molar-refractivity contribution in [2.45, 2.75) is 45.1 Å². The molecular formula is C12H19NO4. The van der Waals surface area contributed by atoms with Crippen LogP contribution in [0.4, 0.5) is 0 Å². The van der Waals surface area contributed by atoms with Crippen LogP contribution in [0.15, 0.2) is 0 Å². The number of ketones is 1. The smallest absolute Gasteiger partial charge is 0.326 e. The molecule has 1 saturated carbocycles. The van der Waals surface area contributed by atoms with Gasteiger partial charge in [-0.15, -0.1) is 0 Å². The van der Waals surface area contributed by atoms with Crippen molar-refractivity contribution in [1.29, 1.82) is 0 Å². The normalized spacial score (nSPS) is 22.0. The molecule has 1 rings (SSSR count). The van der Waals surface area contributed by atoms with E-state index in [1.165, 1.54) is 18.9 Å². The summed E-state index contributed by atoms with van der Waals surface area (Å²) in [6, 6.07) is -0.889. The molecule has 0 spiro atoms. The molecule has 0 aromatic carbocycles. The Morgan fingerprint density at radius 2 is 2.12 bits per heavy atom. The largest absolute Gasteiger partial charge is 0.480 e. The number of carbonyl (C=O) groups is 3. The van der Waals surface area contributed by atoms with Crippen LogP contribution in [0, 0.1) is 5.92 Å². The average molecular weight is 241 g/mol. The lowest BCUT2D eigenvalue weighted by Gasteiger charge is -2.28. The maximum absolute atomic E-state index is 11.6. The number of hydrogen-bond acceptors (Lipinski definition) is 3. The van der Waals surface area contributed by atoms with E-state index in [0.717, 1.165) is 19.3 Å². The zero-order chi connectivity index (χ0) is 13.0. The minimum absolute atomic E-state index is 0.138. The molecule has 0 aliphatic heterocycles. The molecule has 2 atom stereocenters. The van der Waals surface area contributed by atoms with Gasteiger partial charge in [-0.3, -0.25) is 9.59 Å². The van der Waals surface area contributed by atoms with Gasteiger partial charge in [-0.1, -0.05) is 6.42 Å². The molecule has 96 valence electrons. The molecule has 1 N–H and O–H groups in total. The lowest BCUT2D eigenvalue weighted by molar-refractivity contribution is -0.149. The number of Topliss-reactive ketones (excluding diaryl/α,β-unsaturated/α-hetero) is 1. The zero-order valence-electron chi connectivity index (χ0n) is 10.3. The fraction of sp³-hybridized carbons (Fsp3) is 0.750.